The Hall–Kier alpha value is -7.58. The third-order valence-electron chi connectivity index (χ3n) is 13.5. The summed E-state index contributed by atoms with van der Waals surface area (Å²) in [5.74, 6) is -1.08. The predicted octanol–water partition coefficient (Wildman–Crippen LogP) is 5.16. The summed E-state index contributed by atoms with van der Waals surface area (Å²) < 4.78 is 18.6. The van der Waals surface area contributed by atoms with Crippen LogP contribution in [0.3, 0.4) is 0 Å². The summed E-state index contributed by atoms with van der Waals surface area (Å²) in [5, 5.41) is 53.4. The van der Waals surface area contributed by atoms with Gasteiger partial charge in [0.1, 0.15) is 18.1 Å². The number of benzene rings is 2. The molecule has 85 heavy (non-hydrogen) atoms. The van der Waals surface area contributed by atoms with Gasteiger partial charge in [-0.3, -0.25) is 38.6 Å². The predicted molar refractivity (Wildman–Crippen MR) is 321 cm³/mol. The lowest BCUT2D eigenvalue weighted by Crippen LogP contribution is -2.42. The molecule has 4 heterocycles. The topological polar surface area (TPSA) is 343 Å². The number of nitrogens with one attached hydrogen (secondary N) is 3. The molecule has 470 valence electrons. The highest BCUT2D eigenvalue weighted by Gasteiger charge is 2.35. The lowest BCUT2D eigenvalue weighted by Gasteiger charge is -2.32. The SMILES string of the molecule is C/C=C\C(=O)N(C=O)CCCCCC=O.CC.CNC(C)C(C)C.CO.COCc1c(C(O)C=O)cc2n(c1=O)Cc1c-2nc2ccccc2c1CCN(Cc1ccc(NC(=O)CNC=O)c(OC2CC(O)CC(C(=O)O)O2)c1)C(C)C.O=CO. The fourth-order valence-electron chi connectivity index (χ4n) is 8.75. The largest absolute Gasteiger partial charge is 0.483 e. The maximum atomic E-state index is 13.8. The molecule has 2 aromatic carbocycles. The van der Waals surface area contributed by atoms with Crippen LogP contribution < -0.4 is 26.2 Å². The van der Waals surface area contributed by atoms with Crippen LogP contribution in [0.2, 0.25) is 0 Å². The second-order valence-corrected chi connectivity index (χ2v) is 19.7. The number of anilines is 1. The molecule has 2 aromatic heterocycles. The average molecular weight is 1190 g/mol. The first-order valence-electron chi connectivity index (χ1n) is 28.2. The molecule has 0 aliphatic carbocycles. The second kappa shape index (κ2) is 41.4. The van der Waals surface area contributed by atoms with E-state index in [0.29, 0.717) is 69.0 Å². The van der Waals surface area contributed by atoms with Gasteiger partial charge in [-0.15, -0.1) is 0 Å². The summed E-state index contributed by atoms with van der Waals surface area (Å²) in [6.07, 6.45) is 3.78. The van der Waals surface area contributed by atoms with Gasteiger partial charge < -0.3 is 69.8 Å². The number of aliphatic hydroxyl groups excluding tert-OH is 3. The van der Waals surface area contributed by atoms with E-state index in [4.69, 9.17) is 34.2 Å². The monoisotopic (exact) mass is 1190 g/mol. The maximum absolute atomic E-state index is 13.8. The standard InChI is InChI=1S/C40H45N5O11.C11H17NO3.C6H15N.C2H6.CH2O2.CH4O/c1-22(2)44(17-23-8-9-31(42-36(50)16-41-21-47)34(12-23)55-37-14-24(48)13-35(56-37)40(52)53)11-10-25-26-6-4-5-7-30(26)43-38-28(25)18-45-32(38)15-27(33(49)19-46)29(20-54-3)39(45)51;1-2-7-11(15)12(10-14)8-5-3-4-6-9-13;1-5(2)6(3)7-4;1-2;2-1-3;1-2/h4-9,12,15,19,21-22,24,33,35,37,48-49H,10-11,13-14,16-18,20H2,1-3H3,(H,41,47)(H,42,50)(H,52,53);2,7,9-10H,3-6,8H2,1H3;5-7H,1-4H3;1-2H3;1H,(H,2,3);2H,1H3/b;7-2-;;;;. The number of pyridine rings is 2. The number of aldehydes is 2. The Labute approximate surface area is 497 Å². The van der Waals surface area contributed by atoms with E-state index >= 15 is 0 Å². The van der Waals surface area contributed by atoms with E-state index in [1.54, 1.807) is 35.8 Å². The van der Waals surface area contributed by atoms with Crippen molar-refractivity contribution >= 4 is 66.2 Å². The van der Waals surface area contributed by atoms with Crippen LogP contribution in [0.25, 0.3) is 22.3 Å². The van der Waals surface area contributed by atoms with E-state index in [1.807, 2.05) is 51.2 Å². The second-order valence-electron chi connectivity index (χ2n) is 19.7. The highest BCUT2D eigenvalue weighted by atomic mass is 16.7. The van der Waals surface area contributed by atoms with E-state index < -0.39 is 36.5 Å². The molecule has 4 amide bonds. The first-order chi connectivity index (χ1) is 40.8. The lowest BCUT2D eigenvalue weighted by molar-refractivity contribution is -0.195. The number of aliphatic hydroxyl groups is 3. The highest BCUT2D eigenvalue weighted by Crippen LogP contribution is 2.38. The van der Waals surface area contributed by atoms with Gasteiger partial charge in [-0.1, -0.05) is 64.5 Å². The lowest BCUT2D eigenvalue weighted by atomic mass is 9.97. The summed E-state index contributed by atoms with van der Waals surface area (Å²) >= 11 is 0. The van der Waals surface area contributed by atoms with Crippen LogP contribution in [0.1, 0.15) is 128 Å². The van der Waals surface area contributed by atoms with Crippen LogP contribution in [0.15, 0.2) is 65.5 Å². The fourth-order valence-corrected chi connectivity index (χ4v) is 8.75. The number of para-hydroxylation sites is 1. The zero-order valence-corrected chi connectivity index (χ0v) is 50.8. The molecule has 24 nitrogen and oxygen atoms in total. The van der Waals surface area contributed by atoms with Gasteiger partial charge in [0.25, 0.3) is 17.9 Å². The van der Waals surface area contributed by atoms with Crippen LogP contribution in [0.4, 0.5) is 5.69 Å². The molecule has 2 aliphatic heterocycles. The summed E-state index contributed by atoms with van der Waals surface area (Å²) in [4.78, 5) is 109. The van der Waals surface area contributed by atoms with E-state index in [-0.39, 0.29) is 79.1 Å². The minimum absolute atomic E-state index is 0.0130. The van der Waals surface area contributed by atoms with Crippen LogP contribution in [-0.4, -0.2) is 166 Å². The number of rotatable bonds is 27. The minimum atomic E-state index is -1.50. The van der Waals surface area contributed by atoms with Crippen molar-refractivity contribution in [2.24, 2.45) is 5.92 Å². The van der Waals surface area contributed by atoms with E-state index in [2.05, 4.69) is 55.5 Å². The smallest absolute Gasteiger partial charge is 0.333 e. The Kier molecular flexibility index (Phi) is 36.8. The maximum Gasteiger partial charge on any atom is 0.333 e. The Bertz CT molecular complexity index is 2820. The number of carboxylic acid groups (broad SMARTS) is 2. The molecule has 0 bridgehead atoms. The van der Waals surface area contributed by atoms with Crippen molar-refractivity contribution in [2.75, 3.05) is 46.2 Å². The molecule has 2 aliphatic rings. The van der Waals surface area contributed by atoms with E-state index in [0.717, 1.165) is 71.1 Å². The molecule has 0 radical (unpaired) electrons. The number of fused-ring (bicyclic) bond motifs is 4. The minimum Gasteiger partial charge on any atom is -0.483 e. The van der Waals surface area contributed by atoms with Crippen LogP contribution in [-0.2, 0) is 73.9 Å². The summed E-state index contributed by atoms with van der Waals surface area (Å²) in [6.45, 7) is 17.6. The number of allylic oxidation sites excluding steroid dienone is 1. The van der Waals surface area contributed by atoms with E-state index in [9.17, 15) is 53.7 Å². The van der Waals surface area contributed by atoms with Crippen molar-refractivity contribution in [1.82, 2.24) is 30.0 Å². The molecule has 5 unspecified atom stereocenters. The molecule has 4 aromatic rings. The third-order valence-corrected chi connectivity index (χ3v) is 13.5. The quantitative estimate of drug-likeness (QED) is 0.0191. The number of hydrogen-bond donors (Lipinski definition) is 8. The Morgan fingerprint density at radius 2 is 1.62 bits per heavy atom. The summed E-state index contributed by atoms with van der Waals surface area (Å²) in [6, 6.07) is 15.3. The number of amides is 4. The van der Waals surface area contributed by atoms with Crippen molar-refractivity contribution in [2.45, 2.75) is 157 Å². The van der Waals surface area contributed by atoms with Crippen molar-refractivity contribution < 1.29 is 78.1 Å². The van der Waals surface area contributed by atoms with Crippen molar-refractivity contribution in [3.8, 4) is 17.1 Å². The third kappa shape index (κ3) is 24.1. The number of carbonyl (C=O) groups excluding carboxylic acids is 6. The number of unbranched alkanes of at least 4 members (excludes halogenated alkanes) is 3. The molecular weight excluding hydrogens is 1100 g/mol. The summed E-state index contributed by atoms with van der Waals surface area (Å²) in [5.41, 5.74) is 4.85. The first kappa shape index (κ1) is 75.4. The number of carboxylic acids is 1. The molecule has 5 atom stereocenters. The van der Waals surface area contributed by atoms with Gasteiger partial charge in [0.15, 0.2) is 12.4 Å². The van der Waals surface area contributed by atoms with Gasteiger partial charge in [0.05, 0.1) is 48.4 Å². The fraction of sp³-hybridized carbons (Fsp3) is 0.508. The van der Waals surface area contributed by atoms with Gasteiger partial charge >= 0.3 is 5.97 Å². The first-order valence-corrected chi connectivity index (χ1v) is 28.2. The zero-order chi connectivity index (χ0) is 64.2. The molecular formula is C61H89N7O17. The molecule has 8 N–H and O–H groups in total. The van der Waals surface area contributed by atoms with Crippen molar-refractivity contribution in [1.29, 1.82) is 0 Å². The number of nitrogens with zero attached hydrogens (tertiary/aromatic N) is 4. The molecule has 0 spiro atoms. The molecule has 1 saturated heterocycles. The highest BCUT2D eigenvalue weighted by molar-refractivity contribution is 5.95. The molecule has 0 saturated carbocycles. The van der Waals surface area contributed by atoms with Crippen LogP contribution in [0, 0.1) is 5.92 Å². The molecule has 24 heteroatoms. The number of imide groups is 1. The molecule has 1 fully saturated rings. The van der Waals surface area contributed by atoms with E-state index in [1.165, 1.54) is 13.2 Å². The number of aliphatic carboxylic acids is 1. The van der Waals surface area contributed by atoms with Crippen molar-refractivity contribution in [3.63, 3.8) is 0 Å². The van der Waals surface area contributed by atoms with Crippen LogP contribution in [0.5, 0.6) is 5.75 Å². The number of methoxy groups -OCH3 is 1. The normalized spacial score (nSPS) is 15.2. The van der Waals surface area contributed by atoms with Crippen molar-refractivity contribution in [3.05, 3.63) is 98.9 Å². The number of carbonyl (C=O) groups is 8. The average Bonchev–Trinajstić information content (AvgIpc) is 1.81. The Balaban J connectivity index is 0.00000103. The molecule has 6 rings (SSSR count). The Morgan fingerprint density at radius 3 is 2.19 bits per heavy atom. The number of hydrogen-bond acceptors (Lipinski definition) is 18. The van der Waals surface area contributed by atoms with Gasteiger partial charge in [0.2, 0.25) is 25.0 Å². The van der Waals surface area contributed by atoms with Crippen LogP contribution >= 0.6 is 0 Å². The Morgan fingerprint density at radius 1 is 0.941 bits per heavy atom. The zero-order valence-electron chi connectivity index (χ0n) is 50.8. The van der Waals surface area contributed by atoms with Gasteiger partial charge in [-0.2, -0.15) is 0 Å². The number of aromatic nitrogens is 2. The number of ether oxygens (including phenoxy) is 3. The van der Waals surface area contributed by atoms with Gasteiger partial charge in [-0.05, 0) is 101 Å². The van der Waals surface area contributed by atoms with Gasteiger partial charge in [0, 0.05) is 87.3 Å². The van der Waals surface area contributed by atoms with Gasteiger partial charge in [-0.25, -0.2) is 9.78 Å². The summed E-state index contributed by atoms with van der Waals surface area (Å²) in [7, 11) is 4.43.